The van der Waals surface area contributed by atoms with Gasteiger partial charge >= 0.3 is 5.97 Å². The molecule has 2 aliphatic heterocycles. The van der Waals surface area contributed by atoms with Crippen molar-refractivity contribution in [3.63, 3.8) is 0 Å². The molecule has 0 bridgehead atoms. The molecule has 1 N–H and O–H groups in total. The molecular weight excluding hydrogens is 308 g/mol. The van der Waals surface area contributed by atoms with Crippen molar-refractivity contribution < 1.29 is 23.1 Å². The van der Waals surface area contributed by atoms with E-state index in [9.17, 15) is 23.1 Å². The fourth-order valence-electron chi connectivity index (χ4n) is 4.14. The minimum Gasteiger partial charge on any atom is -0.480 e. The van der Waals surface area contributed by atoms with Crippen molar-refractivity contribution in [2.45, 2.75) is 50.6 Å². The Bertz CT molecular complexity index is 576. The van der Waals surface area contributed by atoms with E-state index in [1.165, 1.54) is 9.21 Å². The topological polar surface area (TPSA) is 95.0 Å². The molecule has 3 rings (SSSR count). The largest absolute Gasteiger partial charge is 0.480 e. The van der Waals surface area contributed by atoms with E-state index in [0.717, 1.165) is 25.7 Å². The molecule has 22 heavy (non-hydrogen) atoms. The van der Waals surface area contributed by atoms with Crippen LogP contribution >= 0.6 is 0 Å². The Kier molecular flexibility index (Phi) is 4.15. The molecule has 8 heteroatoms. The lowest BCUT2D eigenvalue weighted by Crippen LogP contribution is -2.50. The summed E-state index contributed by atoms with van der Waals surface area (Å²) in [6.07, 6.45) is 4.89. The summed E-state index contributed by atoms with van der Waals surface area (Å²) in [7, 11) is -3.34. The summed E-state index contributed by atoms with van der Waals surface area (Å²) in [5, 5.41) is 9.42. The van der Waals surface area contributed by atoms with Crippen LogP contribution in [0.2, 0.25) is 0 Å². The molecule has 1 amide bonds. The molecule has 3 fully saturated rings. The van der Waals surface area contributed by atoms with Gasteiger partial charge in [-0.3, -0.25) is 4.79 Å². The maximum absolute atomic E-state index is 12.6. The van der Waals surface area contributed by atoms with Crippen LogP contribution in [0.5, 0.6) is 0 Å². The van der Waals surface area contributed by atoms with Crippen LogP contribution in [0.4, 0.5) is 0 Å². The summed E-state index contributed by atoms with van der Waals surface area (Å²) in [5.74, 6) is -1.01. The molecule has 1 saturated carbocycles. The average Bonchev–Trinajstić information content (AvgIpc) is 2.99. The zero-order valence-corrected chi connectivity index (χ0v) is 13.3. The van der Waals surface area contributed by atoms with E-state index in [1.807, 2.05) is 0 Å². The molecular formula is C14H22N2O5S. The summed E-state index contributed by atoms with van der Waals surface area (Å²) in [4.78, 5) is 25.6. The second-order valence-corrected chi connectivity index (χ2v) is 8.59. The highest BCUT2D eigenvalue weighted by atomic mass is 32.2. The van der Waals surface area contributed by atoms with E-state index >= 15 is 0 Å². The van der Waals surface area contributed by atoms with Crippen molar-refractivity contribution in [3.05, 3.63) is 0 Å². The van der Waals surface area contributed by atoms with Crippen LogP contribution in [0.3, 0.4) is 0 Å². The van der Waals surface area contributed by atoms with Crippen molar-refractivity contribution in [2.24, 2.45) is 5.92 Å². The molecule has 2 heterocycles. The van der Waals surface area contributed by atoms with Gasteiger partial charge in [-0.05, 0) is 31.6 Å². The number of likely N-dealkylation sites (tertiary alicyclic amines) is 1. The van der Waals surface area contributed by atoms with Gasteiger partial charge in [0.05, 0.1) is 12.3 Å². The van der Waals surface area contributed by atoms with Gasteiger partial charge in [0.25, 0.3) is 0 Å². The SMILES string of the molecule is O=C(O)[C@@H]1C[C@H]2CCCC[C@H]2N1C(=O)CN1CCCS1(=O)=O. The minimum atomic E-state index is -3.34. The van der Waals surface area contributed by atoms with Gasteiger partial charge in [0.2, 0.25) is 15.9 Å². The number of carbonyl (C=O) groups excluding carboxylic acids is 1. The molecule has 0 aromatic rings. The van der Waals surface area contributed by atoms with Gasteiger partial charge in [-0.25, -0.2) is 13.2 Å². The zero-order valence-electron chi connectivity index (χ0n) is 12.5. The maximum Gasteiger partial charge on any atom is 0.326 e. The molecule has 3 aliphatic rings. The number of aliphatic carboxylic acids is 1. The van der Waals surface area contributed by atoms with Gasteiger partial charge in [-0.2, -0.15) is 4.31 Å². The van der Waals surface area contributed by atoms with Crippen LogP contribution in [-0.2, 0) is 19.6 Å². The number of sulfonamides is 1. The van der Waals surface area contributed by atoms with E-state index in [4.69, 9.17) is 0 Å². The highest BCUT2D eigenvalue weighted by Gasteiger charge is 2.48. The van der Waals surface area contributed by atoms with Crippen molar-refractivity contribution in [2.75, 3.05) is 18.8 Å². The fraction of sp³-hybridized carbons (Fsp3) is 0.857. The highest BCUT2D eigenvalue weighted by Crippen LogP contribution is 2.40. The van der Waals surface area contributed by atoms with Crippen LogP contribution in [-0.4, -0.2) is 65.5 Å². The predicted octanol–water partition coefficient (Wildman–Crippen LogP) is 0.266. The van der Waals surface area contributed by atoms with Crippen LogP contribution in [0.25, 0.3) is 0 Å². The van der Waals surface area contributed by atoms with Crippen molar-refractivity contribution in [1.82, 2.24) is 9.21 Å². The monoisotopic (exact) mass is 330 g/mol. The number of carboxylic acids is 1. The van der Waals surface area contributed by atoms with Gasteiger partial charge in [-0.15, -0.1) is 0 Å². The lowest BCUT2D eigenvalue weighted by Gasteiger charge is -2.33. The number of fused-ring (bicyclic) bond motifs is 1. The van der Waals surface area contributed by atoms with E-state index in [1.54, 1.807) is 0 Å². The Morgan fingerprint density at radius 2 is 1.86 bits per heavy atom. The first-order chi connectivity index (χ1) is 10.4. The van der Waals surface area contributed by atoms with Crippen LogP contribution < -0.4 is 0 Å². The summed E-state index contributed by atoms with van der Waals surface area (Å²) in [5.41, 5.74) is 0. The predicted molar refractivity (Wildman–Crippen MR) is 78.6 cm³/mol. The minimum absolute atomic E-state index is 0.0346. The first kappa shape index (κ1) is 15.7. The Hall–Kier alpha value is -1.15. The molecule has 0 spiro atoms. The van der Waals surface area contributed by atoms with E-state index < -0.39 is 22.0 Å². The molecule has 1 aliphatic carbocycles. The molecule has 2 saturated heterocycles. The van der Waals surface area contributed by atoms with Crippen LogP contribution in [0.1, 0.15) is 38.5 Å². The average molecular weight is 330 g/mol. The summed E-state index contributed by atoms with van der Waals surface area (Å²) < 4.78 is 24.9. The van der Waals surface area contributed by atoms with E-state index in [2.05, 4.69) is 0 Å². The normalized spacial score (nSPS) is 34.5. The van der Waals surface area contributed by atoms with E-state index in [0.29, 0.717) is 19.4 Å². The first-order valence-electron chi connectivity index (χ1n) is 7.92. The lowest BCUT2D eigenvalue weighted by molar-refractivity contribution is -0.149. The zero-order chi connectivity index (χ0) is 15.9. The number of carboxylic acid groups (broad SMARTS) is 1. The Balaban J connectivity index is 1.77. The molecule has 124 valence electrons. The van der Waals surface area contributed by atoms with Crippen LogP contribution in [0, 0.1) is 5.92 Å². The van der Waals surface area contributed by atoms with Crippen molar-refractivity contribution in [3.8, 4) is 0 Å². The molecule has 3 atom stereocenters. The first-order valence-corrected chi connectivity index (χ1v) is 9.53. The van der Waals surface area contributed by atoms with Gasteiger partial charge in [-0.1, -0.05) is 12.8 Å². The lowest BCUT2D eigenvalue weighted by atomic mass is 9.85. The molecule has 0 aromatic heterocycles. The summed E-state index contributed by atoms with van der Waals surface area (Å²) in [6.45, 7) is 0.142. The number of carbonyl (C=O) groups is 2. The second-order valence-electron chi connectivity index (χ2n) is 6.51. The Labute approximate surface area is 130 Å². The van der Waals surface area contributed by atoms with E-state index in [-0.39, 0.29) is 30.2 Å². The third kappa shape index (κ3) is 2.74. The third-order valence-corrected chi connectivity index (χ3v) is 7.08. The third-order valence-electron chi connectivity index (χ3n) is 5.18. The van der Waals surface area contributed by atoms with Crippen molar-refractivity contribution in [1.29, 1.82) is 0 Å². The van der Waals surface area contributed by atoms with Gasteiger partial charge in [0, 0.05) is 12.6 Å². The molecule has 0 radical (unpaired) electrons. The van der Waals surface area contributed by atoms with Crippen LogP contribution in [0.15, 0.2) is 0 Å². The number of amides is 1. The molecule has 0 unspecified atom stereocenters. The number of nitrogens with zero attached hydrogens (tertiary/aromatic N) is 2. The Morgan fingerprint density at radius 3 is 2.50 bits per heavy atom. The number of rotatable bonds is 3. The Morgan fingerprint density at radius 1 is 1.14 bits per heavy atom. The number of hydrogen-bond acceptors (Lipinski definition) is 4. The van der Waals surface area contributed by atoms with Crippen molar-refractivity contribution >= 4 is 21.9 Å². The maximum atomic E-state index is 12.6. The van der Waals surface area contributed by atoms with Gasteiger partial charge in [0.15, 0.2) is 0 Å². The summed E-state index contributed by atoms with van der Waals surface area (Å²) in [6, 6.07) is -0.835. The molecule has 0 aromatic carbocycles. The summed E-state index contributed by atoms with van der Waals surface area (Å²) >= 11 is 0. The fourth-order valence-corrected chi connectivity index (χ4v) is 5.61. The molecule has 7 nitrogen and oxygen atoms in total. The quantitative estimate of drug-likeness (QED) is 0.801. The van der Waals surface area contributed by atoms with Gasteiger partial charge < -0.3 is 10.0 Å². The number of hydrogen-bond donors (Lipinski definition) is 1. The standard InChI is InChI=1S/C14H22N2O5S/c17-13(9-15-6-3-7-22(15,20)21)16-11-5-2-1-4-10(11)8-12(16)14(18)19/h10-12H,1-9H2,(H,18,19)/t10-,11-,12+/m1/s1. The second kappa shape index (κ2) is 5.81. The van der Waals surface area contributed by atoms with Gasteiger partial charge in [0.1, 0.15) is 6.04 Å². The smallest absolute Gasteiger partial charge is 0.326 e. The highest BCUT2D eigenvalue weighted by molar-refractivity contribution is 7.89.